The molecule has 0 radical (unpaired) electrons. The maximum atomic E-state index is 12.6. The zero-order valence-corrected chi connectivity index (χ0v) is 31.2. The number of hydrogen-bond donors (Lipinski definition) is 4. The van der Waals surface area contributed by atoms with Crippen LogP contribution in [0, 0.1) is 10.1 Å². The van der Waals surface area contributed by atoms with Crippen LogP contribution in [0.1, 0.15) is 52.4 Å². The van der Waals surface area contributed by atoms with Gasteiger partial charge in [0.15, 0.2) is 28.7 Å². The molecule has 1 fully saturated rings. The molecule has 6 N–H and O–H groups in total. The van der Waals surface area contributed by atoms with Gasteiger partial charge in [0, 0.05) is 35.6 Å². The van der Waals surface area contributed by atoms with Gasteiger partial charge < -0.3 is 26.0 Å². The summed E-state index contributed by atoms with van der Waals surface area (Å²) in [7, 11) is -6.67. The number of nitro groups is 1. The van der Waals surface area contributed by atoms with Crippen LogP contribution in [0.25, 0.3) is 5.69 Å². The second-order valence-electron chi connectivity index (χ2n) is 11.5. The fourth-order valence-corrected chi connectivity index (χ4v) is 6.84. The lowest BCUT2D eigenvalue weighted by Crippen LogP contribution is -2.30. The molecule has 2 unspecified atom stereocenters. The summed E-state index contributed by atoms with van der Waals surface area (Å²) in [6, 6.07) is 4.44. The van der Waals surface area contributed by atoms with Crippen molar-refractivity contribution < 1.29 is 55.2 Å². The third-order valence-corrected chi connectivity index (χ3v) is 10.1. The number of carboxylic acid groups (broad SMARTS) is 1. The van der Waals surface area contributed by atoms with Crippen molar-refractivity contribution in [3.8, 4) is 5.69 Å². The fraction of sp³-hybridized carbons (Fsp3) is 0.310. The highest BCUT2D eigenvalue weighted by molar-refractivity contribution is 7.90. The highest BCUT2D eigenvalue weighted by atomic mass is 35.5. The molecule has 1 aliphatic rings. The standard InChI is InChI=1S/C14H12ClNO4S.C10H5Cl2F3N4O2.C5H12NO4P/c1-21(18,19)12-6-9(15)4-5-10(12)13(17)11-7-16-20-14(11)8-2-3-8;11-5-1-4(10(13,14)15)2-6(12)8(5)18-9(16)7(3-17-18)19(20)21;1-11(9,10)3-2-4(6)5(7)8/h4-8H,2-3H2,1H3;1-3H,16H2;4H,2-3,6H2,1H3,(H,7,8)(H,9,10). The minimum absolute atomic E-state index is 0.0412. The molecule has 2 aromatic heterocycles. The number of carbonyl (C=O) groups excluding carboxylic acids is 1. The van der Waals surface area contributed by atoms with Gasteiger partial charge in [-0.05, 0) is 49.6 Å². The quantitative estimate of drug-likeness (QED) is 0.0598. The molecule has 288 valence electrons. The number of sulfone groups is 1. The molecule has 2 atom stereocenters. The summed E-state index contributed by atoms with van der Waals surface area (Å²) in [5.41, 5.74) is 9.29. The van der Waals surface area contributed by atoms with Gasteiger partial charge >= 0.3 is 17.8 Å². The van der Waals surface area contributed by atoms with E-state index in [1.165, 1.54) is 31.1 Å². The second-order valence-corrected chi connectivity index (χ2v) is 17.3. The molecule has 0 saturated heterocycles. The van der Waals surface area contributed by atoms with Gasteiger partial charge in [0.25, 0.3) is 0 Å². The zero-order valence-electron chi connectivity index (χ0n) is 27.3. The van der Waals surface area contributed by atoms with E-state index in [-0.39, 0.29) is 49.7 Å². The number of ketones is 1. The Morgan fingerprint density at radius 1 is 1.15 bits per heavy atom. The molecular formula is C29H29Cl3F3N6O10PS. The number of halogens is 6. The van der Waals surface area contributed by atoms with Crippen molar-refractivity contribution in [2.24, 2.45) is 5.73 Å². The summed E-state index contributed by atoms with van der Waals surface area (Å²) >= 11 is 17.4. The van der Waals surface area contributed by atoms with Crippen molar-refractivity contribution >= 4 is 75.3 Å². The van der Waals surface area contributed by atoms with Crippen LogP contribution in [0.3, 0.4) is 0 Å². The van der Waals surface area contributed by atoms with Gasteiger partial charge in [-0.2, -0.15) is 18.3 Å². The highest BCUT2D eigenvalue weighted by Gasteiger charge is 2.34. The number of anilines is 1. The van der Waals surface area contributed by atoms with Gasteiger partial charge in [0.05, 0.1) is 37.2 Å². The lowest BCUT2D eigenvalue weighted by atomic mass is 10.0. The molecule has 24 heteroatoms. The Morgan fingerprint density at radius 2 is 1.74 bits per heavy atom. The van der Waals surface area contributed by atoms with E-state index < -0.39 is 63.2 Å². The van der Waals surface area contributed by atoms with Crippen LogP contribution in [-0.4, -0.2) is 75.2 Å². The topological polar surface area (TPSA) is 265 Å². The van der Waals surface area contributed by atoms with Gasteiger partial charge in [0.2, 0.25) is 5.82 Å². The summed E-state index contributed by atoms with van der Waals surface area (Å²) in [4.78, 5) is 41.3. The van der Waals surface area contributed by atoms with Gasteiger partial charge in [0.1, 0.15) is 17.9 Å². The van der Waals surface area contributed by atoms with E-state index in [9.17, 15) is 45.9 Å². The molecule has 0 aliphatic heterocycles. The molecule has 0 amide bonds. The number of carbonyl (C=O) groups is 2. The number of nitrogens with zero attached hydrogens (tertiary/aromatic N) is 4. The van der Waals surface area contributed by atoms with Crippen molar-refractivity contribution in [1.82, 2.24) is 14.9 Å². The molecule has 16 nitrogen and oxygen atoms in total. The third-order valence-electron chi connectivity index (χ3n) is 7.09. The minimum Gasteiger partial charge on any atom is -0.480 e. The summed E-state index contributed by atoms with van der Waals surface area (Å²) in [6.07, 6.45) is 0.513. The Kier molecular flexibility index (Phi) is 13.9. The molecule has 0 spiro atoms. The summed E-state index contributed by atoms with van der Waals surface area (Å²) in [5, 5.41) is 25.7. The van der Waals surface area contributed by atoms with Crippen LogP contribution in [0.5, 0.6) is 0 Å². The molecule has 4 aromatic rings. The first-order valence-electron chi connectivity index (χ1n) is 14.6. The van der Waals surface area contributed by atoms with Gasteiger partial charge in [-0.15, -0.1) is 0 Å². The number of carboxylic acids is 1. The van der Waals surface area contributed by atoms with Gasteiger partial charge in [-0.3, -0.25) is 24.3 Å². The highest BCUT2D eigenvalue weighted by Crippen LogP contribution is 2.42. The largest absolute Gasteiger partial charge is 0.480 e. The predicted molar refractivity (Wildman–Crippen MR) is 187 cm³/mol. The minimum atomic E-state index is -4.63. The van der Waals surface area contributed by atoms with E-state index in [4.69, 9.17) is 60.8 Å². The lowest BCUT2D eigenvalue weighted by molar-refractivity contribution is -0.383. The Hall–Kier alpha value is -4.04. The Bertz CT molecular complexity index is 2170. The number of hydrogen-bond acceptors (Lipinski definition) is 12. The molecule has 0 bridgehead atoms. The number of nitrogens with two attached hydrogens (primary N) is 2. The van der Waals surface area contributed by atoms with E-state index in [2.05, 4.69) is 10.3 Å². The molecule has 2 heterocycles. The number of benzene rings is 2. The van der Waals surface area contributed by atoms with Crippen molar-refractivity contribution in [2.75, 3.05) is 24.8 Å². The first-order chi connectivity index (χ1) is 24.3. The normalized spacial score (nSPS) is 14.5. The van der Waals surface area contributed by atoms with Gasteiger partial charge in [-0.1, -0.05) is 40.0 Å². The third kappa shape index (κ3) is 11.7. The average Bonchev–Trinajstić information content (AvgIpc) is 3.63. The monoisotopic (exact) mass is 846 g/mol. The Morgan fingerprint density at radius 3 is 2.19 bits per heavy atom. The maximum absolute atomic E-state index is 12.6. The second kappa shape index (κ2) is 17.0. The molecule has 1 aliphatic carbocycles. The number of rotatable bonds is 10. The summed E-state index contributed by atoms with van der Waals surface area (Å²) in [5.74, 6) is -1.20. The SMILES string of the molecule is CP(=O)(O)CCC(N)C(=O)O.CS(=O)(=O)c1cc(Cl)ccc1C(=O)c1cnoc1C1CC1.Nc1c([N+](=O)[O-])cnn1-c1c(Cl)cc(C(F)(F)F)cc1Cl. The van der Waals surface area contributed by atoms with Crippen LogP contribution in [0.2, 0.25) is 15.1 Å². The number of aliphatic carboxylic acids is 1. The fourth-order valence-electron chi connectivity index (χ4n) is 4.30. The maximum Gasteiger partial charge on any atom is 0.416 e. The summed E-state index contributed by atoms with van der Waals surface area (Å²) < 4.78 is 78.2. The average molecular weight is 848 g/mol. The van der Waals surface area contributed by atoms with E-state index in [1.54, 1.807) is 0 Å². The molecule has 2 aromatic carbocycles. The van der Waals surface area contributed by atoms with E-state index >= 15 is 0 Å². The Labute approximate surface area is 313 Å². The van der Waals surface area contributed by atoms with Crippen LogP contribution >= 0.6 is 42.2 Å². The number of nitrogen functional groups attached to an aromatic ring is 1. The number of alkyl halides is 3. The van der Waals surface area contributed by atoms with E-state index in [0.717, 1.165) is 30.0 Å². The first kappa shape index (κ1) is 43.4. The van der Waals surface area contributed by atoms with Crippen molar-refractivity contribution in [3.05, 3.63) is 90.4 Å². The van der Waals surface area contributed by atoms with Crippen LogP contribution in [0.15, 0.2) is 52.1 Å². The van der Waals surface area contributed by atoms with E-state index in [1.807, 2.05) is 0 Å². The summed E-state index contributed by atoms with van der Waals surface area (Å²) in [6.45, 7) is 1.18. The van der Waals surface area contributed by atoms with Crippen LogP contribution in [-0.2, 0) is 25.4 Å². The molecular weight excluding hydrogens is 819 g/mol. The van der Waals surface area contributed by atoms with Gasteiger partial charge in [-0.25, -0.2) is 13.1 Å². The van der Waals surface area contributed by atoms with Crippen LogP contribution in [0.4, 0.5) is 24.7 Å². The van der Waals surface area contributed by atoms with Crippen LogP contribution < -0.4 is 11.5 Å². The number of aromatic nitrogens is 3. The predicted octanol–water partition coefficient (Wildman–Crippen LogP) is 6.22. The molecule has 53 heavy (non-hydrogen) atoms. The zero-order chi connectivity index (χ0) is 40.2. The van der Waals surface area contributed by atoms with Crippen molar-refractivity contribution in [3.63, 3.8) is 0 Å². The Balaban J connectivity index is 0.000000226. The smallest absolute Gasteiger partial charge is 0.416 e. The van der Waals surface area contributed by atoms with E-state index in [0.29, 0.717) is 23.5 Å². The van der Waals surface area contributed by atoms with Crippen molar-refractivity contribution in [2.45, 2.75) is 42.3 Å². The molecule has 5 rings (SSSR count). The lowest BCUT2D eigenvalue weighted by Gasteiger charge is -2.12. The van der Waals surface area contributed by atoms with Crippen molar-refractivity contribution in [1.29, 1.82) is 0 Å². The first-order valence-corrected chi connectivity index (χ1v) is 20.0. The molecule has 1 saturated carbocycles.